The number of hydrogen-bond acceptors (Lipinski definition) is 6. The molecule has 1 N–H and O–H groups in total. The summed E-state index contributed by atoms with van der Waals surface area (Å²) in [6.07, 6.45) is 0.214. The summed E-state index contributed by atoms with van der Waals surface area (Å²) in [6, 6.07) is 17.1. The minimum atomic E-state index is -0.107. The van der Waals surface area contributed by atoms with Gasteiger partial charge in [-0.05, 0) is 36.8 Å². The van der Waals surface area contributed by atoms with E-state index < -0.39 is 0 Å². The highest BCUT2D eigenvalue weighted by Crippen LogP contribution is 2.17. The maximum absolute atomic E-state index is 12.2. The van der Waals surface area contributed by atoms with Gasteiger partial charge in [0.05, 0.1) is 12.1 Å². The second-order valence-electron chi connectivity index (χ2n) is 6.38. The quantitative estimate of drug-likeness (QED) is 0.583. The van der Waals surface area contributed by atoms with Gasteiger partial charge in [-0.15, -0.1) is 11.3 Å². The Morgan fingerprint density at radius 2 is 2.00 bits per heavy atom. The number of aryl methyl sites for hydroxylation is 1. The Morgan fingerprint density at radius 3 is 2.79 bits per heavy atom. The van der Waals surface area contributed by atoms with Gasteiger partial charge in [0, 0.05) is 11.9 Å². The van der Waals surface area contributed by atoms with Crippen molar-refractivity contribution in [2.45, 2.75) is 26.5 Å². The number of hydrogen-bond donors (Lipinski definition) is 1. The molecule has 3 rings (SSSR count). The minimum Gasteiger partial charge on any atom is -0.486 e. The molecular formula is C22H21N3O3S. The van der Waals surface area contributed by atoms with Gasteiger partial charge in [-0.3, -0.25) is 4.79 Å². The van der Waals surface area contributed by atoms with Gasteiger partial charge in [-0.25, -0.2) is 4.98 Å². The van der Waals surface area contributed by atoms with Crippen molar-refractivity contribution >= 4 is 17.2 Å². The van der Waals surface area contributed by atoms with E-state index in [0.29, 0.717) is 18.9 Å². The minimum absolute atomic E-state index is 0.00437. The lowest BCUT2D eigenvalue weighted by molar-refractivity contribution is -0.120. The normalized spacial score (nSPS) is 10.2. The summed E-state index contributed by atoms with van der Waals surface area (Å²) in [6.45, 7) is 2.79. The van der Waals surface area contributed by atoms with E-state index in [0.717, 1.165) is 22.0 Å². The maximum atomic E-state index is 12.2. The Kier molecular flexibility index (Phi) is 7.20. The molecule has 1 amide bonds. The molecule has 3 aromatic rings. The SMILES string of the molecule is Cc1ccc(OCc2nc(CC(=O)NCc3cccc(OCC#N)c3)cs2)cc1. The lowest BCUT2D eigenvalue weighted by Gasteiger charge is -2.07. The second kappa shape index (κ2) is 10.2. The fraction of sp³-hybridized carbons (Fsp3) is 0.227. The van der Waals surface area contributed by atoms with Gasteiger partial charge in [-0.2, -0.15) is 5.26 Å². The molecule has 0 saturated heterocycles. The number of thiazole rings is 1. The van der Waals surface area contributed by atoms with Crippen LogP contribution in [0.5, 0.6) is 11.5 Å². The number of amides is 1. The smallest absolute Gasteiger partial charge is 0.226 e. The van der Waals surface area contributed by atoms with Gasteiger partial charge >= 0.3 is 0 Å². The molecule has 1 heterocycles. The van der Waals surface area contributed by atoms with E-state index in [2.05, 4.69) is 10.3 Å². The highest BCUT2D eigenvalue weighted by atomic mass is 32.1. The maximum Gasteiger partial charge on any atom is 0.226 e. The summed E-state index contributed by atoms with van der Waals surface area (Å²) >= 11 is 1.48. The van der Waals surface area contributed by atoms with Crippen LogP contribution in [0.25, 0.3) is 0 Å². The first-order chi connectivity index (χ1) is 14.1. The first kappa shape index (κ1) is 20.4. The summed E-state index contributed by atoms with van der Waals surface area (Å²) < 4.78 is 11.0. The van der Waals surface area contributed by atoms with Crippen LogP contribution in [0, 0.1) is 18.3 Å². The molecule has 0 fully saturated rings. The van der Waals surface area contributed by atoms with Crippen molar-refractivity contribution in [1.82, 2.24) is 10.3 Å². The average molecular weight is 407 g/mol. The van der Waals surface area contributed by atoms with Crippen molar-refractivity contribution in [1.29, 1.82) is 5.26 Å². The Bertz CT molecular complexity index is 993. The summed E-state index contributed by atoms with van der Waals surface area (Å²) in [5, 5.41) is 14.2. The van der Waals surface area contributed by atoms with Crippen LogP contribution >= 0.6 is 11.3 Å². The molecule has 0 bridgehead atoms. The Hall–Kier alpha value is -3.37. The van der Waals surface area contributed by atoms with Crippen LogP contribution in [0.1, 0.15) is 21.8 Å². The molecule has 0 unspecified atom stereocenters. The molecule has 0 spiro atoms. The van der Waals surface area contributed by atoms with Gasteiger partial charge in [0.25, 0.3) is 0 Å². The first-order valence-electron chi connectivity index (χ1n) is 9.10. The van der Waals surface area contributed by atoms with E-state index in [1.54, 1.807) is 12.1 Å². The lowest BCUT2D eigenvalue weighted by atomic mass is 10.2. The summed E-state index contributed by atoms with van der Waals surface area (Å²) in [5.74, 6) is 1.30. The molecule has 148 valence electrons. The number of benzene rings is 2. The molecule has 0 aliphatic rings. The predicted molar refractivity (Wildman–Crippen MR) is 111 cm³/mol. The molecule has 0 radical (unpaired) electrons. The molecule has 1 aromatic heterocycles. The molecular weight excluding hydrogens is 386 g/mol. The first-order valence-corrected chi connectivity index (χ1v) is 9.98. The highest BCUT2D eigenvalue weighted by molar-refractivity contribution is 7.09. The van der Waals surface area contributed by atoms with Gasteiger partial charge in [0.15, 0.2) is 6.61 Å². The van der Waals surface area contributed by atoms with Crippen molar-refractivity contribution in [2.75, 3.05) is 6.61 Å². The summed E-state index contributed by atoms with van der Waals surface area (Å²) in [4.78, 5) is 16.7. The van der Waals surface area contributed by atoms with E-state index in [-0.39, 0.29) is 18.9 Å². The lowest BCUT2D eigenvalue weighted by Crippen LogP contribution is -2.24. The Morgan fingerprint density at radius 1 is 1.17 bits per heavy atom. The van der Waals surface area contributed by atoms with Crippen LogP contribution in [0.2, 0.25) is 0 Å². The van der Waals surface area contributed by atoms with E-state index in [4.69, 9.17) is 14.7 Å². The van der Waals surface area contributed by atoms with Crippen LogP contribution in [-0.4, -0.2) is 17.5 Å². The van der Waals surface area contributed by atoms with Crippen molar-refractivity contribution in [3.8, 4) is 17.6 Å². The molecule has 29 heavy (non-hydrogen) atoms. The summed E-state index contributed by atoms with van der Waals surface area (Å²) in [7, 11) is 0. The topological polar surface area (TPSA) is 84.2 Å². The second-order valence-corrected chi connectivity index (χ2v) is 7.32. The van der Waals surface area contributed by atoms with E-state index >= 15 is 0 Å². The van der Waals surface area contributed by atoms with Gasteiger partial charge in [-0.1, -0.05) is 29.8 Å². The third-order valence-corrected chi connectivity index (χ3v) is 4.89. The molecule has 0 aliphatic heterocycles. The van der Waals surface area contributed by atoms with Crippen LogP contribution in [-0.2, 0) is 24.4 Å². The Balaban J connectivity index is 1.45. The van der Waals surface area contributed by atoms with Crippen LogP contribution in [0.3, 0.4) is 0 Å². The fourth-order valence-corrected chi connectivity index (χ4v) is 3.27. The average Bonchev–Trinajstić information content (AvgIpc) is 3.18. The standard InChI is InChI=1S/C22H21N3O3S/c1-16-5-7-19(8-6-16)28-14-22-25-18(15-29-22)12-21(26)24-13-17-3-2-4-20(11-17)27-10-9-23/h2-8,11,15H,10,12-14H2,1H3,(H,24,26). The summed E-state index contributed by atoms with van der Waals surface area (Å²) in [5.41, 5.74) is 2.81. The number of nitriles is 1. The van der Waals surface area contributed by atoms with Gasteiger partial charge in [0.2, 0.25) is 5.91 Å². The van der Waals surface area contributed by atoms with E-state index in [9.17, 15) is 4.79 Å². The van der Waals surface area contributed by atoms with E-state index in [1.165, 1.54) is 16.9 Å². The molecule has 0 atom stereocenters. The van der Waals surface area contributed by atoms with E-state index in [1.807, 2.05) is 54.8 Å². The molecule has 0 saturated carbocycles. The zero-order chi connectivity index (χ0) is 20.5. The number of nitrogens with one attached hydrogen (secondary N) is 1. The molecule has 2 aromatic carbocycles. The third-order valence-electron chi connectivity index (χ3n) is 4.02. The number of carbonyl (C=O) groups excluding carboxylic acids is 1. The third kappa shape index (κ3) is 6.63. The van der Waals surface area contributed by atoms with Crippen molar-refractivity contribution in [3.05, 3.63) is 75.7 Å². The van der Waals surface area contributed by atoms with Gasteiger partial charge in [0.1, 0.15) is 29.2 Å². The number of carbonyl (C=O) groups is 1. The predicted octanol–water partition coefficient (Wildman–Crippen LogP) is 3.79. The number of rotatable bonds is 9. The number of nitrogens with zero attached hydrogens (tertiary/aromatic N) is 2. The number of aromatic nitrogens is 1. The van der Waals surface area contributed by atoms with Crippen LogP contribution in [0.4, 0.5) is 0 Å². The molecule has 6 nitrogen and oxygen atoms in total. The molecule has 0 aliphatic carbocycles. The van der Waals surface area contributed by atoms with Crippen molar-refractivity contribution in [3.63, 3.8) is 0 Å². The largest absolute Gasteiger partial charge is 0.486 e. The zero-order valence-electron chi connectivity index (χ0n) is 16.1. The highest BCUT2D eigenvalue weighted by Gasteiger charge is 2.09. The number of ether oxygens (including phenoxy) is 2. The van der Waals surface area contributed by atoms with Crippen LogP contribution in [0.15, 0.2) is 53.9 Å². The molecule has 7 heteroatoms. The van der Waals surface area contributed by atoms with Gasteiger partial charge < -0.3 is 14.8 Å². The fourth-order valence-electron chi connectivity index (χ4n) is 2.56. The van der Waals surface area contributed by atoms with Crippen molar-refractivity contribution in [2.24, 2.45) is 0 Å². The van der Waals surface area contributed by atoms with Crippen molar-refractivity contribution < 1.29 is 14.3 Å². The zero-order valence-corrected chi connectivity index (χ0v) is 16.9. The monoisotopic (exact) mass is 407 g/mol. The van der Waals surface area contributed by atoms with Crippen LogP contribution < -0.4 is 14.8 Å². The Labute approximate surface area is 173 Å².